The summed E-state index contributed by atoms with van der Waals surface area (Å²) in [5.41, 5.74) is 4.04. The molecule has 2 bridgehead atoms. The normalized spacial score (nSPS) is 26.2. The first kappa shape index (κ1) is 30.9. The molecule has 228 valence electrons. The number of benzene rings is 4. The van der Waals surface area contributed by atoms with Gasteiger partial charge in [0.15, 0.2) is 12.4 Å². The molecule has 2 aliphatic rings. The molecule has 1 aliphatic carbocycles. The van der Waals surface area contributed by atoms with Gasteiger partial charge in [-0.3, -0.25) is 0 Å². The van der Waals surface area contributed by atoms with Crippen molar-refractivity contribution in [3.05, 3.63) is 144 Å². The molecule has 6 nitrogen and oxygen atoms in total. The van der Waals surface area contributed by atoms with Crippen LogP contribution >= 0.6 is 24.0 Å². The molecule has 7 atom stereocenters. The zero-order valence-corrected chi connectivity index (χ0v) is 26.1. The van der Waals surface area contributed by atoms with Crippen molar-refractivity contribution in [1.29, 1.82) is 0 Å². The Labute approximate surface area is 268 Å². The van der Waals surface area contributed by atoms with Gasteiger partial charge < -0.3 is 28.4 Å². The van der Waals surface area contributed by atoms with Gasteiger partial charge in [-0.15, -0.1) is 0 Å². The molecule has 0 spiro atoms. The van der Waals surface area contributed by atoms with Crippen molar-refractivity contribution in [1.82, 2.24) is 0 Å². The summed E-state index contributed by atoms with van der Waals surface area (Å²) in [6.07, 6.45) is -2.06. The van der Waals surface area contributed by atoms with E-state index in [4.69, 9.17) is 40.6 Å². The Bertz CT molecular complexity index is 1380. The van der Waals surface area contributed by atoms with E-state index in [2.05, 4.69) is 0 Å². The lowest BCUT2D eigenvalue weighted by molar-refractivity contribution is -0.371. The molecule has 1 aliphatic heterocycles. The largest absolute Gasteiger partial charge is 0.469 e. The second-order valence-corrected chi connectivity index (χ2v) is 12.2. The highest BCUT2D eigenvalue weighted by Gasteiger charge is 2.59. The van der Waals surface area contributed by atoms with Gasteiger partial charge in [0.1, 0.15) is 30.5 Å². The highest BCUT2D eigenvalue weighted by Crippen LogP contribution is 2.43. The van der Waals surface area contributed by atoms with Crippen LogP contribution in [0.5, 0.6) is 0 Å². The van der Waals surface area contributed by atoms with Crippen molar-refractivity contribution >= 4 is 28.4 Å². The molecular formula is C36H36O6S2. The van der Waals surface area contributed by atoms with Gasteiger partial charge in [-0.1, -0.05) is 133 Å². The molecule has 1 heterocycles. The molecule has 4 aromatic carbocycles. The summed E-state index contributed by atoms with van der Waals surface area (Å²) >= 11 is 6.96. The molecule has 0 N–H and O–H groups in total. The summed E-state index contributed by atoms with van der Waals surface area (Å²) in [4.78, 5) is 0. The third kappa shape index (κ3) is 7.58. The van der Waals surface area contributed by atoms with Crippen LogP contribution in [0.4, 0.5) is 0 Å². The lowest BCUT2D eigenvalue weighted by Crippen LogP contribution is -2.70. The number of thiocarbonyl (C=S) groups is 1. The van der Waals surface area contributed by atoms with Crippen LogP contribution in [0.1, 0.15) is 28.5 Å². The van der Waals surface area contributed by atoms with Gasteiger partial charge in [0.25, 0.3) is 0 Å². The quantitative estimate of drug-likeness (QED) is 0.161. The number of hydrogen-bond donors (Lipinski definition) is 0. The lowest BCUT2D eigenvalue weighted by atomic mass is 9.82. The number of thioether (sulfide) groups is 1. The van der Waals surface area contributed by atoms with Gasteiger partial charge in [0.2, 0.25) is 4.38 Å². The number of fused-ring (bicyclic) bond motifs is 2. The Balaban J connectivity index is 1.38. The van der Waals surface area contributed by atoms with E-state index in [1.54, 1.807) is 0 Å². The van der Waals surface area contributed by atoms with E-state index in [1.165, 1.54) is 11.8 Å². The van der Waals surface area contributed by atoms with Crippen LogP contribution in [0, 0.1) is 0 Å². The molecule has 5 unspecified atom stereocenters. The second kappa shape index (κ2) is 15.3. The van der Waals surface area contributed by atoms with E-state index in [-0.39, 0.29) is 0 Å². The van der Waals surface area contributed by atoms with Gasteiger partial charge in [-0.2, -0.15) is 0 Å². The van der Waals surface area contributed by atoms with Gasteiger partial charge >= 0.3 is 0 Å². The van der Waals surface area contributed by atoms with E-state index in [0.717, 1.165) is 22.3 Å². The first-order valence-electron chi connectivity index (χ1n) is 14.8. The average Bonchev–Trinajstić information content (AvgIpc) is 3.08. The number of rotatable bonds is 11. The van der Waals surface area contributed by atoms with Gasteiger partial charge in [-0.25, -0.2) is 0 Å². The minimum absolute atomic E-state index is 0.357. The third-order valence-corrected chi connectivity index (χ3v) is 8.86. The molecule has 8 heteroatoms. The summed E-state index contributed by atoms with van der Waals surface area (Å²) < 4.78 is 40.5. The standard InChI is InChI=1S/C36H36O6S2/c1-44-36(43)42-34-30(38-23-26-16-8-3-9-17-26)32-29(37-22-25-14-6-2-7-15-25)33(31(34)39-24-27-18-10-4-11-19-27)41-35(40-32)28-20-12-5-13-21-28/h2-21,29-35H,22-24H2,1H3/t29?,30?,31?,32-,33+,34?,35?. The summed E-state index contributed by atoms with van der Waals surface area (Å²) in [5, 5.41) is 0. The maximum Gasteiger partial charge on any atom is 0.220 e. The van der Waals surface area contributed by atoms with E-state index in [9.17, 15) is 0 Å². The summed E-state index contributed by atoms with van der Waals surface area (Å²) in [6.45, 7) is 1.10. The minimum Gasteiger partial charge on any atom is -0.469 e. The Kier molecular flexibility index (Phi) is 10.7. The molecular weight excluding hydrogens is 593 g/mol. The highest BCUT2D eigenvalue weighted by atomic mass is 32.2. The summed E-state index contributed by atoms with van der Waals surface area (Å²) in [7, 11) is 0. The minimum atomic E-state index is -0.637. The Morgan fingerprint density at radius 3 is 1.36 bits per heavy atom. The number of hydrogen-bond acceptors (Lipinski definition) is 8. The first-order valence-corrected chi connectivity index (χ1v) is 16.4. The molecule has 0 amide bonds. The molecule has 1 saturated carbocycles. The van der Waals surface area contributed by atoms with Gasteiger partial charge in [0.05, 0.1) is 19.8 Å². The van der Waals surface area contributed by atoms with E-state index >= 15 is 0 Å². The molecule has 4 aromatic rings. The van der Waals surface area contributed by atoms with Gasteiger partial charge in [-0.05, 0) is 35.2 Å². The fourth-order valence-electron chi connectivity index (χ4n) is 5.68. The smallest absolute Gasteiger partial charge is 0.220 e. The fraction of sp³-hybridized carbons (Fsp3) is 0.306. The molecule has 2 fully saturated rings. The van der Waals surface area contributed by atoms with Crippen molar-refractivity contribution in [2.75, 3.05) is 6.26 Å². The predicted molar refractivity (Wildman–Crippen MR) is 175 cm³/mol. The predicted octanol–water partition coefficient (Wildman–Crippen LogP) is 7.27. The average molecular weight is 629 g/mol. The SMILES string of the molecule is CSC(=S)OC1C(OCc2ccccc2)[C@H]2OC(c3ccccc3)O[C@@H](C1OCc1ccccc1)C2OCc1ccccc1. The van der Waals surface area contributed by atoms with Crippen molar-refractivity contribution in [3.8, 4) is 0 Å². The van der Waals surface area contributed by atoms with E-state index in [0.29, 0.717) is 24.2 Å². The van der Waals surface area contributed by atoms with Crippen molar-refractivity contribution in [2.45, 2.75) is 62.7 Å². The van der Waals surface area contributed by atoms with Crippen molar-refractivity contribution < 1.29 is 28.4 Å². The van der Waals surface area contributed by atoms with Gasteiger partial charge in [0, 0.05) is 5.56 Å². The maximum atomic E-state index is 6.74. The van der Waals surface area contributed by atoms with Crippen molar-refractivity contribution in [3.63, 3.8) is 0 Å². The Morgan fingerprint density at radius 2 is 0.955 bits per heavy atom. The Morgan fingerprint density at radius 1 is 0.568 bits per heavy atom. The molecule has 6 rings (SSSR count). The van der Waals surface area contributed by atoms with E-state index in [1.807, 2.05) is 128 Å². The van der Waals surface area contributed by atoms with Crippen LogP contribution in [0.3, 0.4) is 0 Å². The molecule has 0 radical (unpaired) electrons. The maximum absolute atomic E-state index is 6.74. The zero-order valence-electron chi connectivity index (χ0n) is 24.5. The Hall–Kier alpha value is -3.08. The third-order valence-electron chi connectivity index (χ3n) is 7.83. The van der Waals surface area contributed by atoms with Crippen LogP contribution in [-0.4, -0.2) is 47.3 Å². The van der Waals surface area contributed by atoms with Crippen LogP contribution < -0.4 is 0 Å². The molecule has 44 heavy (non-hydrogen) atoms. The molecule has 0 aromatic heterocycles. The van der Waals surface area contributed by atoms with Crippen LogP contribution in [0.15, 0.2) is 121 Å². The van der Waals surface area contributed by atoms with Crippen LogP contribution in [-0.2, 0) is 48.2 Å². The van der Waals surface area contributed by atoms with E-state index < -0.39 is 42.9 Å². The summed E-state index contributed by atoms with van der Waals surface area (Å²) in [5.74, 6) is 0. The monoisotopic (exact) mass is 628 g/mol. The lowest BCUT2D eigenvalue weighted by Gasteiger charge is -2.53. The number of ether oxygens (including phenoxy) is 6. The van der Waals surface area contributed by atoms with Crippen LogP contribution in [0.25, 0.3) is 0 Å². The fourth-order valence-corrected chi connectivity index (χ4v) is 6.00. The molecule has 1 saturated heterocycles. The van der Waals surface area contributed by atoms with Crippen molar-refractivity contribution in [2.24, 2.45) is 0 Å². The topological polar surface area (TPSA) is 55.4 Å². The summed E-state index contributed by atoms with van der Waals surface area (Å²) in [6, 6.07) is 40.2. The first-order chi connectivity index (χ1) is 21.7. The zero-order chi connectivity index (χ0) is 30.1. The second-order valence-electron chi connectivity index (χ2n) is 10.8. The highest BCUT2D eigenvalue weighted by molar-refractivity contribution is 8.22. The van der Waals surface area contributed by atoms with Crippen LogP contribution in [0.2, 0.25) is 0 Å².